The third-order valence-corrected chi connectivity index (χ3v) is 4.37. The lowest BCUT2D eigenvalue weighted by Gasteiger charge is -2.09. The van der Waals surface area contributed by atoms with E-state index in [2.05, 4.69) is 10.3 Å². The highest BCUT2D eigenvalue weighted by Crippen LogP contribution is 2.27. The van der Waals surface area contributed by atoms with Crippen LogP contribution in [-0.4, -0.2) is 31.7 Å². The number of nitrogens with one attached hydrogen (secondary N) is 1. The van der Waals surface area contributed by atoms with Gasteiger partial charge in [-0.15, -0.1) is 0 Å². The first-order valence-corrected chi connectivity index (χ1v) is 9.08. The highest BCUT2D eigenvalue weighted by molar-refractivity contribution is 5.78. The summed E-state index contributed by atoms with van der Waals surface area (Å²) in [6.07, 6.45) is 2.51. The first kappa shape index (κ1) is 19.5. The number of aryl methyl sites for hydroxylation is 1. The van der Waals surface area contributed by atoms with E-state index in [0.29, 0.717) is 30.4 Å². The van der Waals surface area contributed by atoms with Gasteiger partial charge < -0.3 is 19.2 Å². The van der Waals surface area contributed by atoms with Crippen LogP contribution in [0.15, 0.2) is 53.1 Å². The van der Waals surface area contributed by atoms with Gasteiger partial charge in [-0.1, -0.05) is 23.8 Å². The van der Waals surface area contributed by atoms with E-state index in [0.717, 1.165) is 16.8 Å². The highest BCUT2D eigenvalue weighted by Gasteiger charge is 2.10. The van der Waals surface area contributed by atoms with Crippen LogP contribution < -0.4 is 14.8 Å². The van der Waals surface area contributed by atoms with Crippen LogP contribution in [0.4, 0.5) is 0 Å². The summed E-state index contributed by atoms with van der Waals surface area (Å²) in [6, 6.07) is 13.5. The quantitative estimate of drug-likeness (QED) is 0.647. The van der Waals surface area contributed by atoms with E-state index < -0.39 is 0 Å². The molecule has 0 bridgehead atoms. The van der Waals surface area contributed by atoms with Crippen molar-refractivity contribution >= 4 is 5.91 Å². The molecule has 0 fully saturated rings. The number of oxazole rings is 1. The zero-order chi connectivity index (χ0) is 19.9. The molecule has 0 aliphatic rings. The van der Waals surface area contributed by atoms with Gasteiger partial charge in [-0.2, -0.15) is 0 Å². The lowest BCUT2D eigenvalue weighted by atomic mass is 10.1. The molecule has 1 heterocycles. The van der Waals surface area contributed by atoms with Crippen molar-refractivity contribution in [3.8, 4) is 23.0 Å². The van der Waals surface area contributed by atoms with E-state index >= 15 is 0 Å². The second-order valence-corrected chi connectivity index (χ2v) is 6.48. The predicted octanol–water partition coefficient (Wildman–Crippen LogP) is 3.57. The summed E-state index contributed by atoms with van der Waals surface area (Å²) in [4.78, 5) is 16.7. The molecule has 0 unspecified atom stereocenters. The summed E-state index contributed by atoms with van der Waals surface area (Å²) in [5.41, 5.74) is 3.79. The topological polar surface area (TPSA) is 73.6 Å². The number of nitrogens with zero attached hydrogens (tertiary/aromatic N) is 1. The van der Waals surface area contributed by atoms with E-state index in [-0.39, 0.29) is 12.3 Å². The van der Waals surface area contributed by atoms with E-state index in [1.54, 1.807) is 26.5 Å². The lowest BCUT2D eigenvalue weighted by Crippen LogP contribution is -2.27. The molecule has 0 spiro atoms. The van der Waals surface area contributed by atoms with Crippen molar-refractivity contribution in [1.29, 1.82) is 0 Å². The van der Waals surface area contributed by atoms with Crippen molar-refractivity contribution < 1.29 is 18.7 Å². The fraction of sp³-hybridized carbons (Fsp3) is 0.273. The molecule has 146 valence electrons. The number of hydrogen-bond donors (Lipinski definition) is 1. The van der Waals surface area contributed by atoms with Crippen LogP contribution in [0.3, 0.4) is 0 Å². The van der Waals surface area contributed by atoms with Crippen molar-refractivity contribution in [3.63, 3.8) is 0 Å². The minimum atomic E-state index is -0.0607. The molecular weight excluding hydrogens is 356 g/mol. The number of carbonyl (C=O) groups excluding carboxylic acids is 1. The summed E-state index contributed by atoms with van der Waals surface area (Å²) in [7, 11) is 3.16. The molecule has 6 nitrogen and oxygen atoms in total. The zero-order valence-electron chi connectivity index (χ0n) is 16.3. The average molecular weight is 380 g/mol. The van der Waals surface area contributed by atoms with Crippen molar-refractivity contribution in [2.24, 2.45) is 0 Å². The maximum Gasteiger partial charge on any atom is 0.226 e. The van der Waals surface area contributed by atoms with Crippen LogP contribution in [0.1, 0.15) is 16.8 Å². The molecule has 1 aromatic heterocycles. The van der Waals surface area contributed by atoms with E-state index in [1.807, 2.05) is 43.3 Å². The van der Waals surface area contributed by atoms with Gasteiger partial charge in [0.15, 0.2) is 11.5 Å². The van der Waals surface area contributed by atoms with Crippen LogP contribution >= 0.6 is 0 Å². The molecule has 0 aliphatic carbocycles. The molecule has 0 saturated heterocycles. The number of aromatic nitrogens is 1. The molecule has 28 heavy (non-hydrogen) atoms. The highest BCUT2D eigenvalue weighted by atomic mass is 16.5. The first-order chi connectivity index (χ1) is 13.6. The van der Waals surface area contributed by atoms with Gasteiger partial charge >= 0.3 is 0 Å². The van der Waals surface area contributed by atoms with Gasteiger partial charge in [-0.25, -0.2) is 4.98 Å². The average Bonchev–Trinajstić information content (AvgIpc) is 3.17. The van der Waals surface area contributed by atoms with Crippen LogP contribution in [0.2, 0.25) is 0 Å². The molecule has 0 radical (unpaired) electrons. The molecule has 1 N–H and O–H groups in total. The second kappa shape index (κ2) is 9.08. The Morgan fingerprint density at radius 2 is 1.82 bits per heavy atom. The third kappa shape index (κ3) is 4.91. The Morgan fingerprint density at radius 1 is 1.07 bits per heavy atom. The maximum atomic E-state index is 12.2. The minimum absolute atomic E-state index is 0.0607. The Hall–Kier alpha value is -3.28. The SMILES string of the molecule is COc1ccc(CC(=O)NCCc2coc(-c3ccc(C)cc3)n2)cc1OC. The summed E-state index contributed by atoms with van der Waals surface area (Å²) in [6.45, 7) is 2.53. The normalized spacial score (nSPS) is 10.5. The summed E-state index contributed by atoms with van der Waals surface area (Å²) in [5.74, 6) is 1.78. The number of carbonyl (C=O) groups is 1. The van der Waals surface area contributed by atoms with E-state index in [1.165, 1.54) is 5.56 Å². The number of hydrogen-bond acceptors (Lipinski definition) is 5. The number of amides is 1. The number of methoxy groups -OCH3 is 2. The molecule has 3 aromatic rings. The van der Waals surface area contributed by atoms with Crippen LogP contribution in [0.5, 0.6) is 11.5 Å². The van der Waals surface area contributed by atoms with Crippen LogP contribution in [0, 0.1) is 6.92 Å². The van der Waals surface area contributed by atoms with Crippen molar-refractivity contribution in [1.82, 2.24) is 10.3 Å². The Balaban J connectivity index is 1.50. The third-order valence-electron chi connectivity index (χ3n) is 4.37. The van der Waals surface area contributed by atoms with Crippen LogP contribution in [-0.2, 0) is 17.6 Å². The molecule has 0 atom stereocenters. The summed E-state index contributed by atoms with van der Waals surface area (Å²) in [5, 5.41) is 2.91. The molecular formula is C22H24N2O4. The Kier molecular flexibility index (Phi) is 6.32. The van der Waals surface area contributed by atoms with Gasteiger partial charge in [0.25, 0.3) is 0 Å². The molecule has 3 rings (SSSR count). The van der Waals surface area contributed by atoms with Gasteiger partial charge in [0, 0.05) is 18.5 Å². The predicted molar refractivity (Wildman–Crippen MR) is 107 cm³/mol. The van der Waals surface area contributed by atoms with Gasteiger partial charge in [0.1, 0.15) is 6.26 Å². The summed E-state index contributed by atoms with van der Waals surface area (Å²) < 4.78 is 16.0. The van der Waals surface area contributed by atoms with Crippen molar-refractivity contribution in [2.75, 3.05) is 20.8 Å². The Labute approximate surface area is 164 Å². The fourth-order valence-corrected chi connectivity index (χ4v) is 2.82. The van der Waals surface area contributed by atoms with Gasteiger partial charge in [0.2, 0.25) is 11.8 Å². The van der Waals surface area contributed by atoms with Gasteiger partial charge in [-0.05, 0) is 36.8 Å². The maximum absolute atomic E-state index is 12.2. The summed E-state index contributed by atoms with van der Waals surface area (Å²) >= 11 is 0. The number of benzene rings is 2. The van der Waals surface area contributed by atoms with Crippen LogP contribution in [0.25, 0.3) is 11.5 Å². The largest absolute Gasteiger partial charge is 0.493 e. The molecule has 1 amide bonds. The Morgan fingerprint density at radius 3 is 2.54 bits per heavy atom. The number of ether oxygens (including phenoxy) is 2. The smallest absolute Gasteiger partial charge is 0.226 e. The standard InChI is InChI=1S/C22H24N2O4/c1-15-4-7-17(8-5-15)22-24-18(14-28-22)10-11-23-21(25)13-16-6-9-19(26-2)20(12-16)27-3/h4-9,12,14H,10-11,13H2,1-3H3,(H,23,25). The van der Waals surface area contributed by atoms with E-state index in [4.69, 9.17) is 13.9 Å². The molecule has 6 heteroatoms. The molecule has 0 aliphatic heterocycles. The van der Waals surface area contributed by atoms with Crippen molar-refractivity contribution in [3.05, 3.63) is 65.5 Å². The minimum Gasteiger partial charge on any atom is -0.493 e. The first-order valence-electron chi connectivity index (χ1n) is 9.08. The fourth-order valence-electron chi connectivity index (χ4n) is 2.82. The monoisotopic (exact) mass is 380 g/mol. The van der Waals surface area contributed by atoms with Gasteiger partial charge in [0.05, 0.1) is 26.3 Å². The number of rotatable bonds is 8. The van der Waals surface area contributed by atoms with E-state index in [9.17, 15) is 4.79 Å². The second-order valence-electron chi connectivity index (χ2n) is 6.48. The van der Waals surface area contributed by atoms with Crippen molar-refractivity contribution in [2.45, 2.75) is 19.8 Å². The molecule has 2 aromatic carbocycles. The molecule has 0 saturated carbocycles. The lowest BCUT2D eigenvalue weighted by molar-refractivity contribution is -0.120. The zero-order valence-corrected chi connectivity index (χ0v) is 16.3. The Bertz CT molecular complexity index is 932. The van der Waals surface area contributed by atoms with Gasteiger partial charge in [-0.3, -0.25) is 4.79 Å².